The van der Waals surface area contributed by atoms with Gasteiger partial charge in [-0.15, -0.1) is 0 Å². The van der Waals surface area contributed by atoms with Gasteiger partial charge in [0.25, 0.3) is 11.4 Å². The van der Waals surface area contributed by atoms with Crippen LogP contribution in [0.25, 0.3) is 0 Å². The maximum atomic E-state index is 11.9. The molecule has 0 saturated carbocycles. The smallest absolute Gasteiger partial charge is 0.454 e. The third-order valence-electron chi connectivity index (χ3n) is 3.68. The number of nitrogens with zero attached hydrogens (tertiary/aromatic N) is 2. The van der Waals surface area contributed by atoms with Crippen LogP contribution in [-0.2, 0) is 4.74 Å². The zero-order valence-corrected chi connectivity index (χ0v) is 17.8. The third-order valence-corrected chi connectivity index (χ3v) is 3.68. The number of non-ortho nitro benzene ring substituents is 1. The molecule has 0 saturated heterocycles. The minimum absolute atomic E-state index is 0.0259. The fourth-order valence-corrected chi connectivity index (χ4v) is 2.39. The number of carbonyl (C=O) groups is 1. The number of hydrogen-bond donors (Lipinski definition) is 0. The zero-order valence-electron chi connectivity index (χ0n) is 17.8. The predicted octanol–water partition coefficient (Wildman–Crippen LogP) is 5.56. The molecule has 0 bridgehead atoms. The number of nitro groups is 2. The van der Waals surface area contributed by atoms with E-state index >= 15 is 0 Å². The van der Waals surface area contributed by atoms with Crippen molar-refractivity contribution in [3.05, 3.63) is 62.2 Å². The summed E-state index contributed by atoms with van der Waals surface area (Å²) in [5, 5.41) is 21.9. The monoisotopic (exact) mass is 436 g/mol. The van der Waals surface area contributed by atoms with Crippen molar-refractivity contribution >= 4 is 17.5 Å². The molecule has 0 spiro atoms. The second-order valence-corrected chi connectivity index (χ2v) is 5.38. The van der Waals surface area contributed by atoms with Crippen LogP contribution in [0.1, 0.15) is 46.3 Å². The predicted molar refractivity (Wildman–Crippen MR) is 111 cm³/mol. The van der Waals surface area contributed by atoms with E-state index in [-0.39, 0.29) is 35.2 Å². The van der Waals surface area contributed by atoms with Crippen LogP contribution in [0, 0.1) is 20.2 Å². The van der Waals surface area contributed by atoms with Crippen molar-refractivity contribution in [3.8, 4) is 17.2 Å². The molecular formula is C20H24N2O9. The summed E-state index contributed by atoms with van der Waals surface area (Å²) < 4.78 is 20.3. The minimum atomic E-state index is -1.12. The topological polar surface area (TPSA) is 140 Å². The lowest BCUT2D eigenvalue weighted by atomic mass is 10.1. The molecule has 1 heterocycles. The van der Waals surface area contributed by atoms with Crippen molar-refractivity contribution in [3.63, 3.8) is 0 Å². The molecule has 168 valence electrons. The number of fused-ring (bicyclic) bond motifs is 1. The molecule has 0 radical (unpaired) electrons. The average Bonchev–Trinajstić information content (AvgIpc) is 3.23. The first-order chi connectivity index (χ1) is 14.8. The molecule has 2 aromatic rings. The van der Waals surface area contributed by atoms with Crippen molar-refractivity contribution < 1.29 is 33.6 Å². The highest BCUT2D eigenvalue weighted by Gasteiger charge is 2.28. The molecular weight excluding hydrogens is 412 g/mol. The van der Waals surface area contributed by atoms with Crippen molar-refractivity contribution in [2.75, 3.05) is 6.79 Å². The van der Waals surface area contributed by atoms with E-state index in [0.717, 1.165) is 12.1 Å². The number of hydrogen-bond acceptors (Lipinski definition) is 9. The SMILES string of the molecule is CC.CC.CC(OC(=O)Oc1ccc([N+](=O)[O-])cc1)c1cc2c(cc1[N+](=O)[O-])OCO2. The van der Waals surface area contributed by atoms with E-state index < -0.39 is 22.1 Å². The fraction of sp³-hybridized carbons (Fsp3) is 0.350. The molecule has 1 aliphatic heterocycles. The Morgan fingerprint density at radius 2 is 1.52 bits per heavy atom. The minimum Gasteiger partial charge on any atom is -0.454 e. The number of rotatable bonds is 5. The van der Waals surface area contributed by atoms with Gasteiger partial charge in [0, 0.05) is 12.1 Å². The Morgan fingerprint density at radius 1 is 0.968 bits per heavy atom. The van der Waals surface area contributed by atoms with E-state index in [1.165, 1.54) is 31.2 Å². The summed E-state index contributed by atoms with van der Waals surface area (Å²) in [6.07, 6.45) is -2.14. The number of carbonyl (C=O) groups excluding carboxylic acids is 1. The van der Waals surface area contributed by atoms with Crippen LogP contribution in [0.5, 0.6) is 17.2 Å². The molecule has 0 aliphatic carbocycles. The summed E-state index contributed by atoms with van der Waals surface area (Å²) in [5.41, 5.74) is -0.361. The molecule has 3 rings (SSSR count). The van der Waals surface area contributed by atoms with Crippen LogP contribution in [0.15, 0.2) is 36.4 Å². The first-order valence-corrected chi connectivity index (χ1v) is 9.56. The van der Waals surface area contributed by atoms with E-state index in [2.05, 4.69) is 0 Å². The lowest BCUT2D eigenvalue weighted by molar-refractivity contribution is -0.386. The summed E-state index contributed by atoms with van der Waals surface area (Å²) in [6, 6.07) is 7.34. The van der Waals surface area contributed by atoms with Gasteiger partial charge in [0.2, 0.25) is 6.79 Å². The number of ether oxygens (including phenoxy) is 4. The van der Waals surface area contributed by atoms with Gasteiger partial charge in [0.1, 0.15) is 11.9 Å². The highest BCUT2D eigenvalue weighted by molar-refractivity contribution is 5.65. The lowest BCUT2D eigenvalue weighted by Crippen LogP contribution is -2.14. The van der Waals surface area contributed by atoms with Crippen LogP contribution < -0.4 is 14.2 Å². The Balaban J connectivity index is 0.00000113. The molecule has 0 N–H and O–H groups in total. The largest absolute Gasteiger partial charge is 0.514 e. The van der Waals surface area contributed by atoms with E-state index in [4.69, 9.17) is 18.9 Å². The second-order valence-electron chi connectivity index (χ2n) is 5.38. The standard InChI is InChI=1S/C16H12N2O9.2C2H6/c1-9(12-6-14-15(25-8-24-14)7-13(12)18(22)23)26-16(19)27-11-4-2-10(3-5-11)17(20)21;2*1-2/h2-7,9H,8H2,1H3;2*1-2H3. The molecule has 1 atom stereocenters. The molecule has 0 aromatic heterocycles. The van der Waals surface area contributed by atoms with Gasteiger partial charge in [-0.05, 0) is 25.1 Å². The van der Waals surface area contributed by atoms with Crippen LogP contribution in [-0.4, -0.2) is 22.8 Å². The van der Waals surface area contributed by atoms with Gasteiger partial charge in [0.05, 0.1) is 21.5 Å². The Bertz CT molecular complexity index is 914. The highest BCUT2D eigenvalue weighted by Crippen LogP contribution is 2.40. The zero-order chi connectivity index (χ0) is 23.6. The lowest BCUT2D eigenvalue weighted by Gasteiger charge is -2.14. The molecule has 11 heteroatoms. The van der Waals surface area contributed by atoms with Crippen LogP contribution in [0.3, 0.4) is 0 Å². The molecule has 1 aliphatic rings. The van der Waals surface area contributed by atoms with Crippen molar-refractivity contribution in [1.82, 2.24) is 0 Å². The van der Waals surface area contributed by atoms with E-state index in [1.54, 1.807) is 0 Å². The highest BCUT2D eigenvalue weighted by atomic mass is 16.7. The summed E-state index contributed by atoms with van der Waals surface area (Å²) in [6.45, 7) is 9.37. The number of benzene rings is 2. The Labute approximate surface area is 178 Å². The summed E-state index contributed by atoms with van der Waals surface area (Å²) in [4.78, 5) is 32.6. The molecule has 0 amide bonds. The summed E-state index contributed by atoms with van der Waals surface area (Å²) in [7, 11) is 0. The maximum Gasteiger partial charge on any atom is 0.514 e. The Morgan fingerprint density at radius 3 is 2.03 bits per heavy atom. The first-order valence-electron chi connectivity index (χ1n) is 9.56. The molecule has 0 fully saturated rings. The third kappa shape index (κ3) is 6.56. The second kappa shape index (κ2) is 12.0. The molecule has 1 unspecified atom stereocenters. The van der Waals surface area contributed by atoms with Crippen molar-refractivity contribution in [2.24, 2.45) is 0 Å². The van der Waals surface area contributed by atoms with Crippen LogP contribution in [0.4, 0.5) is 16.2 Å². The molecule has 11 nitrogen and oxygen atoms in total. The van der Waals surface area contributed by atoms with Gasteiger partial charge in [0.15, 0.2) is 11.5 Å². The van der Waals surface area contributed by atoms with Crippen LogP contribution >= 0.6 is 0 Å². The summed E-state index contributed by atoms with van der Waals surface area (Å²) in [5.74, 6) is 0.555. The quantitative estimate of drug-likeness (QED) is 0.255. The van der Waals surface area contributed by atoms with Gasteiger partial charge in [-0.3, -0.25) is 20.2 Å². The van der Waals surface area contributed by atoms with E-state index in [9.17, 15) is 25.0 Å². The van der Waals surface area contributed by atoms with E-state index in [0.29, 0.717) is 5.75 Å². The van der Waals surface area contributed by atoms with E-state index in [1.807, 2.05) is 27.7 Å². The van der Waals surface area contributed by atoms with Gasteiger partial charge in [-0.1, -0.05) is 27.7 Å². The van der Waals surface area contributed by atoms with Crippen LogP contribution in [0.2, 0.25) is 0 Å². The molecule has 31 heavy (non-hydrogen) atoms. The number of nitro benzene ring substituents is 2. The van der Waals surface area contributed by atoms with Gasteiger partial charge >= 0.3 is 6.16 Å². The van der Waals surface area contributed by atoms with Crippen molar-refractivity contribution in [1.29, 1.82) is 0 Å². The summed E-state index contributed by atoms with van der Waals surface area (Å²) >= 11 is 0. The first kappa shape index (κ1) is 25.1. The maximum absolute atomic E-state index is 11.9. The molecule has 2 aromatic carbocycles. The fourth-order valence-electron chi connectivity index (χ4n) is 2.39. The Kier molecular flexibility index (Phi) is 9.70. The van der Waals surface area contributed by atoms with Gasteiger partial charge in [-0.2, -0.15) is 0 Å². The normalized spacial score (nSPS) is 11.6. The average molecular weight is 436 g/mol. The van der Waals surface area contributed by atoms with Crippen molar-refractivity contribution in [2.45, 2.75) is 40.7 Å². The Hall–Kier alpha value is -3.89. The van der Waals surface area contributed by atoms with Gasteiger partial charge in [-0.25, -0.2) is 4.79 Å². The van der Waals surface area contributed by atoms with Gasteiger partial charge < -0.3 is 18.9 Å².